The van der Waals surface area contributed by atoms with Crippen LogP contribution in [-0.4, -0.2) is 31.6 Å². The molecule has 1 aromatic rings. The Bertz CT molecular complexity index is 448. The summed E-state index contributed by atoms with van der Waals surface area (Å²) < 4.78 is 5.58. The Kier molecular flexibility index (Phi) is 4.15. The van der Waals surface area contributed by atoms with E-state index in [9.17, 15) is 4.79 Å². The highest BCUT2D eigenvalue weighted by Gasteiger charge is 2.19. The van der Waals surface area contributed by atoms with Gasteiger partial charge < -0.3 is 10.1 Å². The molecule has 0 radical (unpaired) electrons. The van der Waals surface area contributed by atoms with Gasteiger partial charge in [-0.3, -0.25) is 4.79 Å². The van der Waals surface area contributed by atoms with E-state index in [0.29, 0.717) is 13.0 Å². The Morgan fingerprint density at radius 2 is 2.00 bits per heavy atom. The normalized spacial score (nSPS) is 19.8. The molecule has 1 fully saturated rings. The van der Waals surface area contributed by atoms with Crippen molar-refractivity contribution in [2.24, 2.45) is 0 Å². The number of Topliss-reactive ketones (excluding diaryl/α,β-unsaturated/α-hetero) is 1. The molecular formula is C15H21NO2. The molecule has 3 heteroatoms. The van der Waals surface area contributed by atoms with Crippen LogP contribution in [0.2, 0.25) is 0 Å². The zero-order valence-electron chi connectivity index (χ0n) is 11.4. The molecule has 1 saturated heterocycles. The van der Waals surface area contributed by atoms with Crippen molar-refractivity contribution in [2.75, 3.05) is 19.7 Å². The van der Waals surface area contributed by atoms with Crippen LogP contribution >= 0.6 is 0 Å². The highest BCUT2D eigenvalue weighted by Crippen LogP contribution is 2.18. The molecule has 1 aliphatic rings. The molecule has 1 N–H and O–H groups in total. The third kappa shape index (κ3) is 2.98. The van der Waals surface area contributed by atoms with Crippen molar-refractivity contribution in [2.45, 2.75) is 33.3 Å². The molecule has 1 heterocycles. The van der Waals surface area contributed by atoms with Crippen molar-refractivity contribution in [1.82, 2.24) is 5.32 Å². The summed E-state index contributed by atoms with van der Waals surface area (Å²) in [5.41, 5.74) is 4.31. The molecule has 0 amide bonds. The SMILES string of the molecule is Cc1cc(C)c(C(=O)CC2CNCCO2)cc1C. The van der Waals surface area contributed by atoms with Gasteiger partial charge in [-0.25, -0.2) is 0 Å². The number of benzene rings is 1. The lowest BCUT2D eigenvalue weighted by Gasteiger charge is -2.23. The van der Waals surface area contributed by atoms with Crippen LogP contribution in [0.3, 0.4) is 0 Å². The smallest absolute Gasteiger partial charge is 0.165 e. The molecule has 0 saturated carbocycles. The van der Waals surface area contributed by atoms with Crippen LogP contribution in [0.15, 0.2) is 12.1 Å². The summed E-state index contributed by atoms with van der Waals surface area (Å²) in [6, 6.07) is 4.09. The van der Waals surface area contributed by atoms with Gasteiger partial charge in [-0.1, -0.05) is 6.07 Å². The summed E-state index contributed by atoms with van der Waals surface area (Å²) in [6.45, 7) is 8.47. The van der Waals surface area contributed by atoms with Gasteiger partial charge in [-0.05, 0) is 43.5 Å². The Balaban J connectivity index is 2.10. The van der Waals surface area contributed by atoms with Crippen LogP contribution in [0, 0.1) is 20.8 Å². The third-order valence-electron chi connectivity index (χ3n) is 3.56. The summed E-state index contributed by atoms with van der Waals surface area (Å²) >= 11 is 0. The Labute approximate surface area is 109 Å². The topological polar surface area (TPSA) is 38.3 Å². The molecule has 1 atom stereocenters. The average molecular weight is 247 g/mol. The zero-order chi connectivity index (χ0) is 13.1. The molecule has 18 heavy (non-hydrogen) atoms. The first-order valence-electron chi connectivity index (χ1n) is 6.51. The predicted octanol–water partition coefficient (Wildman–Crippen LogP) is 2.17. The quantitative estimate of drug-likeness (QED) is 0.832. The van der Waals surface area contributed by atoms with Crippen LogP contribution in [0.1, 0.15) is 33.5 Å². The lowest BCUT2D eigenvalue weighted by atomic mass is 9.95. The molecule has 3 nitrogen and oxygen atoms in total. The molecule has 1 unspecified atom stereocenters. The van der Waals surface area contributed by atoms with Crippen LogP contribution in [0.25, 0.3) is 0 Å². The van der Waals surface area contributed by atoms with Crippen molar-refractivity contribution in [3.63, 3.8) is 0 Å². The van der Waals surface area contributed by atoms with Crippen molar-refractivity contribution in [1.29, 1.82) is 0 Å². The van der Waals surface area contributed by atoms with E-state index in [0.717, 1.165) is 24.2 Å². The molecule has 0 spiro atoms. The van der Waals surface area contributed by atoms with E-state index in [2.05, 4.69) is 18.3 Å². The molecule has 2 rings (SSSR count). The molecule has 0 bridgehead atoms. The number of nitrogens with one attached hydrogen (secondary N) is 1. The lowest BCUT2D eigenvalue weighted by molar-refractivity contribution is 0.0240. The number of ketones is 1. The van der Waals surface area contributed by atoms with E-state index in [1.165, 1.54) is 11.1 Å². The summed E-state index contributed by atoms with van der Waals surface area (Å²) in [4.78, 5) is 12.3. The summed E-state index contributed by atoms with van der Waals surface area (Å²) in [5, 5.41) is 3.25. The van der Waals surface area contributed by atoms with Crippen LogP contribution in [0.5, 0.6) is 0 Å². The van der Waals surface area contributed by atoms with Crippen molar-refractivity contribution >= 4 is 5.78 Å². The van der Waals surface area contributed by atoms with Gasteiger partial charge in [0.15, 0.2) is 5.78 Å². The second kappa shape index (κ2) is 5.63. The summed E-state index contributed by atoms with van der Waals surface area (Å²) in [6.07, 6.45) is 0.489. The van der Waals surface area contributed by atoms with Crippen molar-refractivity contribution < 1.29 is 9.53 Å². The van der Waals surface area contributed by atoms with E-state index in [-0.39, 0.29) is 11.9 Å². The summed E-state index contributed by atoms with van der Waals surface area (Å²) in [7, 11) is 0. The Morgan fingerprint density at radius 1 is 1.28 bits per heavy atom. The van der Waals surface area contributed by atoms with Crippen molar-refractivity contribution in [3.05, 3.63) is 34.4 Å². The van der Waals surface area contributed by atoms with E-state index in [1.807, 2.05) is 19.9 Å². The average Bonchev–Trinajstić information content (AvgIpc) is 2.35. The van der Waals surface area contributed by atoms with Gasteiger partial charge in [0.05, 0.1) is 12.7 Å². The minimum atomic E-state index is 0.0206. The van der Waals surface area contributed by atoms with Gasteiger partial charge in [-0.2, -0.15) is 0 Å². The zero-order valence-corrected chi connectivity index (χ0v) is 11.4. The van der Waals surface area contributed by atoms with Gasteiger partial charge in [0.25, 0.3) is 0 Å². The maximum Gasteiger partial charge on any atom is 0.165 e. The second-order valence-electron chi connectivity index (χ2n) is 5.08. The van der Waals surface area contributed by atoms with Gasteiger partial charge in [-0.15, -0.1) is 0 Å². The third-order valence-corrected chi connectivity index (χ3v) is 3.56. The lowest BCUT2D eigenvalue weighted by Crippen LogP contribution is -2.39. The van der Waals surface area contributed by atoms with Gasteiger partial charge in [0.2, 0.25) is 0 Å². The van der Waals surface area contributed by atoms with Gasteiger partial charge in [0, 0.05) is 25.1 Å². The number of ether oxygens (including phenoxy) is 1. The van der Waals surface area contributed by atoms with Crippen LogP contribution < -0.4 is 5.32 Å². The number of rotatable bonds is 3. The van der Waals surface area contributed by atoms with E-state index in [4.69, 9.17) is 4.74 Å². The number of carbonyl (C=O) groups is 1. The molecule has 0 aromatic heterocycles. The van der Waals surface area contributed by atoms with Crippen LogP contribution in [-0.2, 0) is 4.74 Å². The minimum Gasteiger partial charge on any atom is -0.375 e. The second-order valence-corrected chi connectivity index (χ2v) is 5.08. The summed E-state index contributed by atoms with van der Waals surface area (Å²) in [5.74, 6) is 0.185. The maximum atomic E-state index is 12.3. The van der Waals surface area contributed by atoms with Gasteiger partial charge in [0.1, 0.15) is 0 Å². The van der Waals surface area contributed by atoms with E-state index in [1.54, 1.807) is 0 Å². The number of aryl methyl sites for hydroxylation is 3. The molecular weight excluding hydrogens is 226 g/mol. The van der Waals surface area contributed by atoms with Crippen LogP contribution in [0.4, 0.5) is 0 Å². The standard InChI is InChI=1S/C15H21NO2/c1-10-6-12(3)14(7-11(10)2)15(17)8-13-9-16-4-5-18-13/h6-7,13,16H,4-5,8-9H2,1-3H3. The predicted molar refractivity (Wildman–Crippen MR) is 72.2 cm³/mol. The fourth-order valence-electron chi connectivity index (χ4n) is 2.33. The van der Waals surface area contributed by atoms with Crippen molar-refractivity contribution in [3.8, 4) is 0 Å². The first kappa shape index (κ1) is 13.2. The fourth-order valence-corrected chi connectivity index (χ4v) is 2.33. The number of hydrogen-bond donors (Lipinski definition) is 1. The van der Waals surface area contributed by atoms with E-state index >= 15 is 0 Å². The molecule has 1 aromatic carbocycles. The number of hydrogen-bond acceptors (Lipinski definition) is 3. The Hall–Kier alpha value is -1.19. The largest absolute Gasteiger partial charge is 0.375 e. The fraction of sp³-hybridized carbons (Fsp3) is 0.533. The molecule has 0 aliphatic carbocycles. The molecule has 98 valence electrons. The number of morpholine rings is 1. The Morgan fingerprint density at radius 3 is 2.67 bits per heavy atom. The highest BCUT2D eigenvalue weighted by atomic mass is 16.5. The monoisotopic (exact) mass is 247 g/mol. The minimum absolute atomic E-state index is 0.0206. The number of carbonyl (C=O) groups excluding carboxylic acids is 1. The highest BCUT2D eigenvalue weighted by molar-refractivity contribution is 5.98. The first-order chi connectivity index (χ1) is 8.58. The maximum absolute atomic E-state index is 12.3. The molecule has 1 aliphatic heterocycles. The first-order valence-corrected chi connectivity index (χ1v) is 6.51. The van der Waals surface area contributed by atoms with Gasteiger partial charge >= 0.3 is 0 Å². The van der Waals surface area contributed by atoms with E-state index < -0.39 is 0 Å².